The van der Waals surface area contributed by atoms with Crippen molar-refractivity contribution in [3.63, 3.8) is 0 Å². The van der Waals surface area contributed by atoms with Crippen LogP contribution in [-0.4, -0.2) is 57.3 Å². The Morgan fingerprint density at radius 2 is 1.88 bits per heavy atom. The van der Waals surface area contributed by atoms with Crippen LogP contribution in [0.4, 0.5) is 0 Å². The van der Waals surface area contributed by atoms with Gasteiger partial charge in [-0.15, -0.1) is 10.2 Å². The van der Waals surface area contributed by atoms with Crippen LogP contribution in [-0.2, 0) is 0 Å². The second-order valence-electron chi connectivity index (χ2n) is 5.94. The quantitative estimate of drug-likeness (QED) is 0.707. The Bertz CT molecular complexity index is 932. The summed E-state index contributed by atoms with van der Waals surface area (Å²) in [5, 5.41) is 7.83. The number of carbonyl (C=O) groups is 1. The molecule has 0 aliphatic carbocycles. The van der Waals surface area contributed by atoms with Crippen LogP contribution in [0.5, 0.6) is 11.8 Å². The molecule has 1 amide bonds. The fourth-order valence-electron chi connectivity index (χ4n) is 2.88. The van der Waals surface area contributed by atoms with Gasteiger partial charge in [-0.2, -0.15) is 0 Å². The van der Waals surface area contributed by atoms with E-state index >= 15 is 0 Å². The predicted molar refractivity (Wildman–Crippen MR) is 93.1 cm³/mol. The maximum absolute atomic E-state index is 12.7. The molecule has 3 aromatic rings. The minimum absolute atomic E-state index is 0.130. The SMILES string of the molecule is COc1ccc(O[C@@H]2CCN(C(=O)c3cnc4ccccc4n3)C2)nn1. The number of hydrogen-bond donors (Lipinski definition) is 0. The van der Waals surface area contributed by atoms with Crippen LogP contribution in [0.15, 0.2) is 42.6 Å². The van der Waals surface area contributed by atoms with Gasteiger partial charge < -0.3 is 14.4 Å². The fourth-order valence-corrected chi connectivity index (χ4v) is 2.88. The van der Waals surface area contributed by atoms with Gasteiger partial charge in [0.15, 0.2) is 0 Å². The van der Waals surface area contributed by atoms with E-state index in [1.807, 2.05) is 24.3 Å². The summed E-state index contributed by atoms with van der Waals surface area (Å²) in [6, 6.07) is 10.9. The molecular formula is C18H17N5O3. The first kappa shape index (κ1) is 16.2. The summed E-state index contributed by atoms with van der Waals surface area (Å²) in [5.41, 5.74) is 1.82. The van der Waals surface area contributed by atoms with Crippen molar-refractivity contribution in [2.45, 2.75) is 12.5 Å². The van der Waals surface area contributed by atoms with Crippen LogP contribution in [0.3, 0.4) is 0 Å². The molecule has 3 heterocycles. The lowest BCUT2D eigenvalue weighted by molar-refractivity contribution is 0.0765. The van der Waals surface area contributed by atoms with Gasteiger partial charge in [-0.25, -0.2) is 4.98 Å². The zero-order valence-corrected chi connectivity index (χ0v) is 14.2. The molecule has 0 unspecified atom stereocenters. The Hall–Kier alpha value is -3.29. The van der Waals surface area contributed by atoms with Gasteiger partial charge in [-0.05, 0) is 12.1 Å². The number of para-hydroxylation sites is 2. The maximum atomic E-state index is 12.7. The summed E-state index contributed by atoms with van der Waals surface area (Å²) in [6.45, 7) is 1.07. The lowest BCUT2D eigenvalue weighted by Crippen LogP contribution is -2.31. The van der Waals surface area contributed by atoms with Crippen LogP contribution in [0.2, 0.25) is 0 Å². The van der Waals surface area contributed by atoms with Crippen molar-refractivity contribution >= 4 is 16.9 Å². The van der Waals surface area contributed by atoms with Gasteiger partial charge in [0, 0.05) is 25.1 Å². The molecule has 8 nitrogen and oxygen atoms in total. The number of hydrogen-bond acceptors (Lipinski definition) is 7. The Balaban J connectivity index is 1.42. The van der Waals surface area contributed by atoms with E-state index in [0.717, 1.165) is 11.9 Å². The maximum Gasteiger partial charge on any atom is 0.274 e. The summed E-state index contributed by atoms with van der Waals surface area (Å²) in [7, 11) is 1.53. The predicted octanol–water partition coefficient (Wildman–Crippen LogP) is 1.72. The van der Waals surface area contributed by atoms with E-state index < -0.39 is 0 Å². The molecule has 0 N–H and O–H groups in total. The molecular weight excluding hydrogens is 334 g/mol. The first-order valence-corrected chi connectivity index (χ1v) is 8.28. The highest BCUT2D eigenvalue weighted by atomic mass is 16.5. The Kier molecular flexibility index (Phi) is 4.30. The highest BCUT2D eigenvalue weighted by Crippen LogP contribution is 2.19. The smallest absolute Gasteiger partial charge is 0.274 e. The molecule has 1 saturated heterocycles. The van der Waals surface area contributed by atoms with E-state index in [1.54, 1.807) is 17.0 Å². The number of fused-ring (bicyclic) bond motifs is 1. The zero-order chi connectivity index (χ0) is 17.9. The second kappa shape index (κ2) is 6.91. The molecule has 1 aliphatic rings. The van der Waals surface area contributed by atoms with E-state index in [4.69, 9.17) is 9.47 Å². The number of methoxy groups -OCH3 is 1. The van der Waals surface area contributed by atoms with Gasteiger partial charge in [-0.1, -0.05) is 12.1 Å². The molecule has 1 fully saturated rings. The van der Waals surface area contributed by atoms with E-state index in [-0.39, 0.29) is 12.0 Å². The Morgan fingerprint density at radius 1 is 1.12 bits per heavy atom. The molecule has 1 aliphatic heterocycles. The van der Waals surface area contributed by atoms with Crippen LogP contribution in [0.1, 0.15) is 16.9 Å². The molecule has 0 spiro atoms. The molecule has 26 heavy (non-hydrogen) atoms. The Morgan fingerprint density at radius 3 is 2.65 bits per heavy atom. The van der Waals surface area contributed by atoms with Crippen molar-refractivity contribution in [1.29, 1.82) is 0 Å². The third-order valence-corrected chi connectivity index (χ3v) is 4.21. The van der Waals surface area contributed by atoms with Gasteiger partial charge >= 0.3 is 0 Å². The minimum atomic E-state index is -0.143. The van der Waals surface area contributed by atoms with Crippen molar-refractivity contribution < 1.29 is 14.3 Å². The van der Waals surface area contributed by atoms with Crippen molar-refractivity contribution in [1.82, 2.24) is 25.1 Å². The van der Waals surface area contributed by atoms with Crippen LogP contribution >= 0.6 is 0 Å². The molecule has 0 saturated carbocycles. The monoisotopic (exact) mass is 351 g/mol. The van der Waals surface area contributed by atoms with Crippen molar-refractivity contribution in [2.75, 3.05) is 20.2 Å². The summed E-state index contributed by atoms with van der Waals surface area (Å²) in [4.78, 5) is 23.1. The number of amides is 1. The number of nitrogens with zero attached hydrogens (tertiary/aromatic N) is 5. The summed E-state index contributed by atoms with van der Waals surface area (Å²) >= 11 is 0. The number of benzene rings is 1. The molecule has 2 aromatic heterocycles. The standard InChI is InChI=1S/C18H17N5O3/c1-25-16-6-7-17(22-21-16)26-12-8-9-23(11-12)18(24)15-10-19-13-4-2-3-5-14(13)20-15/h2-7,10,12H,8-9,11H2,1H3/t12-/m1/s1. The normalized spacial score (nSPS) is 16.7. The molecule has 4 rings (SSSR count). The van der Waals surface area contributed by atoms with Crippen LogP contribution < -0.4 is 9.47 Å². The Labute approximate surface area is 149 Å². The number of ether oxygens (including phenoxy) is 2. The molecule has 0 bridgehead atoms. The van der Waals surface area contributed by atoms with Crippen LogP contribution in [0.25, 0.3) is 11.0 Å². The lowest BCUT2D eigenvalue weighted by Gasteiger charge is -2.16. The average Bonchev–Trinajstić information content (AvgIpc) is 3.16. The van der Waals surface area contributed by atoms with Crippen LogP contribution in [0, 0.1) is 0 Å². The van der Waals surface area contributed by atoms with Gasteiger partial charge in [0.1, 0.15) is 11.8 Å². The topological polar surface area (TPSA) is 90.3 Å². The molecule has 8 heteroatoms. The number of carbonyl (C=O) groups excluding carboxylic acids is 1. The first-order valence-electron chi connectivity index (χ1n) is 8.28. The van der Waals surface area contributed by atoms with Gasteiger partial charge in [0.05, 0.1) is 30.9 Å². The first-order chi connectivity index (χ1) is 12.7. The van der Waals surface area contributed by atoms with Gasteiger partial charge in [0.25, 0.3) is 5.91 Å². The average molecular weight is 351 g/mol. The van der Waals surface area contributed by atoms with Crippen molar-refractivity contribution in [3.8, 4) is 11.8 Å². The second-order valence-corrected chi connectivity index (χ2v) is 5.94. The fraction of sp³-hybridized carbons (Fsp3) is 0.278. The van der Waals surface area contributed by atoms with E-state index in [0.29, 0.717) is 36.1 Å². The molecule has 132 valence electrons. The van der Waals surface area contributed by atoms with Gasteiger partial charge in [-0.3, -0.25) is 9.78 Å². The highest BCUT2D eigenvalue weighted by Gasteiger charge is 2.29. The molecule has 1 atom stereocenters. The number of likely N-dealkylation sites (tertiary alicyclic amines) is 1. The largest absolute Gasteiger partial charge is 0.480 e. The van der Waals surface area contributed by atoms with E-state index in [2.05, 4.69) is 20.2 Å². The van der Waals surface area contributed by atoms with Gasteiger partial charge in [0.2, 0.25) is 11.8 Å². The highest BCUT2D eigenvalue weighted by molar-refractivity contribution is 5.94. The molecule has 1 aromatic carbocycles. The number of rotatable bonds is 4. The third kappa shape index (κ3) is 3.26. The molecule has 0 radical (unpaired) electrons. The van der Waals surface area contributed by atoms with Crippen molar-refractivity contribution in [3.05, 3.63) is 48.3 Å². The lowest BCUT2D eigenvalue weighted by atomic mass is 10.3. The summed E-state index contributed by atoms with van der Waals surface area (Å²) in [6.07, 6.45) is 2.11. The third-order valence-electron chi connectivity index (χ3n) is 4.21. The van der Waals surface area contributed by atoms with E-state index in [9.17, 15) is 4.79 Å². The summed E-state index contributed by atoms with van der Waals surface area (Å²) in [5.74, 6) is 0.696. The summed E-state index contributed by atoms with van der Waals surface area (Å²) < 4.78 is 10.8. The number of aromatic nitrogens is 4. The minimum Gasteiger partial charge on any atom is -0.480 e. The van der Waals surface area contributed by atoms with Crippen molar-refractivity contribution in [2.24, 2.45) is 0 Å². The zero-order valence-electron chi connectivity index (χ0n) is 14.2. The van der Waals surface area contributed by atoms with E-state index in [1.165, 1.54) is 13.3 Å².